The number of rotatable bonds is 8. The van der Waals surface area contributed by atoms with Crippen LogP contribution in [0.3, 0.4) is 0 Å². The fourth-order valence-electron chi connectivity index (χ4n) is 3.76. The van der Waals surface area contributed by atoms with Crippen LogP contribution in [0.5, 0.6) is 11.5 Å². The van der Waals surface area contributed by atoms with Crippen molar-refractivity contribution < 1.29 is 19.1 Å². The van der Waals surface area contributed by atoms with Crippen LogP contribution < -0.4 is 14.5 Å². The van der Waals surface area contributed by atoms with Gasteiger partial charge < -0.3 is 9.47 Å². The van der Waals surface area contributed by atoms with Crippen molar-refractivity contribution in [2.75, 3.05) is 19.2 Å². The van der Waals surface area contributed by atoms with E-state index >= 15 is 0 Å². The molecule has 4 aromatic carbocycles. The van der Waals surface area contributed by atoms with Gasteiger partial charge in [-0.05, 0) is 60.2 Å². The Morgan fingerprint density at radius 2 is 1.42 bits per heavy atom. The molecule has 0 bridgehead atoms. The molecule has 0 atom stereocenters. The van der Waals surface area contributed by atoms with Gasteiger partial charge in [0.1, 0.15) is 11.5 Å². The quantitative estimate of drug-likeness (QED) is 0.137. The first-order valence-corrected chi connectivity index (χ1v) is 12.5. The van der Waals surface area contributed by atoms with Crippen LogP contribution in [0.1, 0.15) is 31.8 Å². The maximum absolute atomic E-state index is 13.7. The van der Waals surface area contributed by atoms with E-state index in [1.54, 1.807) is 56.8 Å². The topological polar surface area (TPSA) is 81.1 Å². The highest BCUT2D eigenvalue weighted by atomic mass is 32.1. The number of hydrogen-bond acceptors (Lipinski definition) is 7. The lowest BCUT2D eigenvalue weighted by Gasteiger charge is -2.14. The molecule has 0 unspecified atom stereocenters. The maximum atomic E-state index is 13.7. The Morgan fingerprint density at radius 1 is 0.789 bits per heavy atom. The number of nitrogens with zero attached hydrogens (tertiary/aromatic N) is 3. The second-order valence-electron chi connectivity index (χ2n) is 8.24. The number of anilines is 1. The van der Waals surface area contributed by atoms with Crippen molar-refractivity contribution in [3.8, 4) is 11.5 Å². The number of amides is 1. The highest BCUT2D eigenvalue weighted by Gasteiger charge is 2.22. The Morgan fingerprint density at radius 3 is 2.11 bits per heavy atom. The number of hydrogen-bond donors (Lipinski definition) is 0. The minimum atomic E-state index is -0.375. The van der Waals surface area contributed by atoms with Gasteiger partial charge in [-0.25, -0.2) is 4.98 Å². The fraction of sp³-hybridized carbons (Fsp3) is 0.0667. The molecule has 0 aliphatic carbocycles. The van der Waals surface area contributed by atoms with Crippen molar-refractivity contribution in [2.45, 2.75) is 0 Å². The van der Waals surface area contributed by atoms with Crippen LogP contribution in [0.2, 0.25) is 0 Å². The standard InChI is InChI=1S/C30H23N3O4S/c1-36-24-14-8-20(9-15-24)19-31-33(30-32-26-17-16-25(37-2)18-27(26)38-30)29(35)23-12-10-22(11-13-23)28(34)21-6-4-3-5-7-21/h3-19H,1-2H3/b31-19+. The molecule has 188 valence electrons. The largest absolute Gasteiger partial charge is 0.497 e. The lowest BCUT2D eigenvalue weighted by Crippen LogP contribution is -2.25. The zero-order chi connectivity index (χ0) is 26.5. The van der Waals surface area contributed by atoms with E-state index in [-0.39, 0.29) is 11.7 Å². The molecule has 0 saturated heterocycles. The molecule has 7 nitrogen and oxygen atoms in total. The van der Waals surface area contributed by atoms with Crippen molar-refractivity contribution in [1.82, 2.24) is 4.98 Å². The smallest absolute Gasteiger partial charge is 0.280 e. The van der Waals surface area contributed by atoms with Crippen LogP contribution in [0.25, 0.3) is 10.2 Å². The molecule has 0 aliphatic rings. The van der Waals surface area contributed by atoms with Gasteiger partial charge in [0.2, 0.25) is 5.13 Å². The van der Waals surface area contributed by atoms with E-state index in [0.717, 1.165) is 21.5 Å². The Balaban J connectivity index is 1.48. The second-order valence-corrected chi connectivity index (χ2v) is 9.25. The third kappa shape index (κ3) is 5.30. The first kappa shape index (κ1) is 24.9. The Bertz CT molecular complexity index is 1610. The summed E-state index contributed by atoms with van der Waals surface area (Å²) in [7, 11) is 3.20. The molecule has 5 aromatic rings. The van der Waals surface area contributed by atoms with E-state index in [0.29, 0.717) is 27.6 Å². The van der Waals surface area contributed by atoms with Crippen molar-refractivity contribution in [3.05, 3.63) is 119 Å². The van der Waals surface area contributed by atoms with Crippen LogP contribution in [0, 0.1) is 0 Å². The van der Waals surface area contributed by atoms with Gasteiger partial charge in [0.15, 0.2) is 5.78 Å². The molecule has 38 heavy (non-hydrogen) atoms. The van der Waals surface area contributed by atoms with Crippen molar-refractivity contribution in [1.29, 1.82) is 0 Å². The molecule has 0 N–H and O–H groups in total. The molecule has 1 heterocycles. The van der Waals surface area contributed by atoms with Crippen molar-refractivity contribution in [3.63, 3.8) is 0 Å². The maximum Gasteiger partial charge on any atom is 0.280 e. The van der Waals surface area contributed by atoms with Crippen LogP contribution in [-0.4, -0.2) is 37.1 Å². The summed E-state index contributed by atoms with van der Waals surface area (Å²) in [6.07, 6.45) is 1.59. The molecule has 0 saturated carbocycles. The molecular weight excluding hydrogens is 498 g/mol. The summed E-state index contributed by atoms with van der Waals surface area (Å²) in [5.41, 5.74) is 2.97. The average Bonchev–Trinajstić information content (AvgIpc) is 3.40. The molecule has 5 rings (SSSR count). The number of aromatic nitrogens is 1. The summed E-state index contributed by atoms with van der Waals surface area (Å²) in [4.78, 5) is 31.1. The first-order chi connectivity index (χ1) is 18.6. The second kappa shape index (κ2) is 11.1. The van der Waals surface area contributed by atoms with Gasteiger partial charge in [-0.2, -0.15) is 10.1 Å². The molecule has 1 amide bonds. The zero-order valence-corrected chi connectivity index (χ0v) is 21.5. The number of ketones is 1. The van der Waals surface area contributed by atoms with Gasteiger partial charge >= 0.3 is 0 Å². The number of carbonyl (C=O) groups excluding carboxylic acids is 2. The van der Waals surface area contributed by atoms with Crippen LogP contribution in [-0.2, 0) is 0 Å². The first-order valence-electron chi connectivity index (χ1n) is 11.7. The molecule has 8 heteroatoms. The summed E-state index contributed by atoms with van der Waals surface area (Å²) in [5.74, 6) is 0.935. The monoisotopic (exact) mass is 521 g/mol. The van der Waals surface area contributed by atoms with Crippen molar-refractivity contribution in [2.24, 2.45) is 5.10 Å². The van der Waals surface area contributed by atoms with Crippen LogP contribution >= 0.6 is 11.3 Å². The lowest BCUT2D eigenvalue weighted by molar-refractivity contribution is 0.0985. The van der Waals surface area contributed by atoms with E-state index in [1.807, 2.05) is 60.7 Å². The predicted octanol–water partition coefficient (Wildman–Crippen LogP) is 6.23. The molecule has 1 aromatic heterocycles. The molecule has 0 aliphatic heterocycles. The van der Waals surface area contributed by atoms with Gasteiger partial charge in [-0.1, -0.05) is 53.8 Å². The fourth-order valence-corrected chi connectivity index (χ4v) is 4.71. The summed E-state index contributed by atoms with van der Waals surface area (Å²) < 4.78 is 11.4. The summed E-state index contributed by atoms with van der Waals surface area (Å²) in [6.45, 7) is 0. The lowest BCUT2D eigenvalue weighted by atomic mass is 10.0. The van der Waals surface area contributed by atoms with E-state index in [9.17, 15) is 9.59 Å². The Kier molecular flexibility index (Phi) is 7.24. The number of ether oxygens (including phenoxy) is 2. The summed E-state index contributed by atoms with van der Waals surface area (Å²) >= 11 is 1.33. The zero-order valence-electron chi connectivity index (χ0n) is 20.7. The van der Waals surface area contributed by atoms with Gasteiger partial charge in [0.05, 0.1) is 30.7 Å². The summed E-state index contributed by atoms with van der Waals surface area (Å²) in [6, 6.07) is 28.4. The molecular formula is C30H23N3O4S. The van der Waals surface area contributed by atoms with Crippen molar-refractivity contribution >= 4 is 44.6 Å². The number of methoxy groups -OCH3 is 2. The van der Waals surface area contributed by atoms with E-state index in [1.165, 1.54) is 16.3 Å². The van der Waals surface area contributed by atoms with Crippen LogP contribution in [0.4, 0.5) is 5.13 Å². The Labute approximate surface area is 223 Å². The van der Waals surface area contributed by atoms with Gasteiger partial charge in [0.25, 0.3) is 5.91 Å². The number of benzene rings is 4. The number of fused-ring (bicyclic) bond motifs is 1. The minimum absolute atomic E-state index is 0.112. The molecule has 0 radical (unpaired) electrons. The minimum Gasteiger partial charge on any atom is -0.497 e. The number of carbonyl (C=O) groups is 2. The third-order valence-corrected chi connectivity index (χ3v) is 6.82. The predicted molar refractivity (Wildman–Crippen MR) is 150 cm³/mol. The highest BCUT2D eigenvalue weighted by Crippen LogP contribution is 2.32. The van der Waals surface area contributed by atoms with Gasteiger partial charge in [-0.3, -0.25) is 9.59 Å². The van der Waals surface area contributed by atoms with Gasteiger partial charge in [-0.15, -0.1) is 0 Å². The normalized spacial score (nSPS) is 11.0. The SMILES string of the molecule is COc1ccc(/C=N/N(C(=O)c2ccc(C(=O)c3ccccc3)cc2)c2nc3ccc(OC)cc3s2)cc1. The van der Waals surface area contributed by atoms with E-state index in [2.05, 4.69) is 10.1 Å². The van der Waals surface area contributed by atoms with E-state index in [4.69, 9.17) is 9.47 Å². The molecule has 0 spiro atoms. The van der Waals surface area contributed by atoms with Crippen LogP contribution in [0.15, 0.2) is 102 Å². The summed E-state index contributed by atoms with van der Waals surface area (Å²) in [5, 5.41) is 6.19. The number of thiazole rings is 1. The van der Waals surface area contributed by atoms with Gasteiger partial charge in [0, 0.05) is 16.7 Å². The Hall–Kier alpha value is -4.82. The average molecular weight is 522 g/mol. The highest BCUT2D eigenvalue weighted by molar-refractivity contribution is 7.22. The number of hydrazone groups is 1. The van der Waals surface area contributed by atoms with E-state index < -0.39 is 0 Å². The third-order valence-electron chi connectivity index (χ3n) is 5.83. The molecule has 0 fully saturated rings.